The van der Waals surface area contributed by atoms with Crippen molar-refractivity contribution in [1.29, 1.82) is 0 Å². The quantitative estimate of drug-likeness (QED) is 0.314. The molecule has 0 bridgehead atoms. The maximum Gasteiger partial charge on any atom is 0.261 e. The maximum atomic E-state index is 11.8. The second-order valence-electron chi connectivity index (χ2n) is 6.40. The number of likely N-dealkylation sites (tertiary alicyclic amines) is 1. The monoisotopic (exact) mass is 450 g/mol. The van der Waals surface area contributed by atoms with Crippen LogP contribution in [0.2, 0.25) is 0 Å². The number of nitrogens with zero attached hydrogens (tertiary/aromatic N) is 2. The van der Waals surface area contributed by atoms with E-state index in [4.69, 9.17) is 0 Å². The predicted octanol–water partition coefficient (Wildman–Crippen LogP) is 2.79. The van der Waals surface area contributed by atoms with Gasteiger partial charge in [-0.2, -0.15) is 0 Å². The zero-order chi connectivity index (χ0) is 16.0. The molecule has 0 atom stereocenters. The molecule has 5 nitrogen and oxygen atoms in total. The van der Waals surface area contributed by atoms with E-state index < -0.39 is 0 Å². The number of nitrogens with one attached hydrogen (secondary N) is 2. The summed E-state index contributed by atoms with van der Waals surface area (Å²) >= 11 is 1.47. The molecular weight excluding hydrogens is 423 g/mol. The first kappa shape index (κ1) is 20.2. The van der Waals surface area contributed by atoms with Gasteiger partial charge in [-0.05, 0) is 29.7 Å². The summed E-state index contributed by atoms with van der Waals surface area (Å²) < 4.78 is 0. The van der Waals surface area contributed by atoms with Crippen molar-refractivity contribution < 1.29 is 4.79 Å². The highest BCUT2D eigenvalue weighted by molar-refractivity contribution is 14.0. The van der Waals surface area contributed by atoms with Gasteiger partial charge in [0.25, 0.3) is 5.91 Å². The van der Waals surface area contributed by atoms with Crippen LogP contribution in [0.1, 0.15) is 36.4 Å². The number of carbonyl (C=O) groups is 1. The second kappa shape index (κ2) is 9.46. The van der Waals surface area contributed by atoms with Crippen molar-refractivity contribution in [2.75, 3.05) is 33.2 Å². The zero-order valence-corrected chi connectivity index (χ0v) is 17.2. The van der Waals surface area contributed by atoms with E-state index in [0.29, 0.717) is 12.0 Å². The lowest BCUT2D eigenvalue weighted by Crippen LogP contribution is -2.41. The summed E-state index contributed by atoms with van der Waals surface area (Å²) in [5, 5.41) is 8.24. The van der Waals surface area contributed by atoms with Crippen LogP contribution in [-0.2, 0) is 0 Å². The molecule has 2 N–H and O–H groups in total. The molecule has 0 aromatic carbocycles. The average Bonchev–Trinajstić information content (AvgIpc) is 3.12. The number of thiophene rings is 1. The SMILES string of the molecule is CN=C(NCCCNC(=O)c1cccs1)N1CCC(C)(C)C1.I. The fourth-order valence-electron chi connectivity index (χ4n) is 2.61. The number of amides is 1. The van der Waals surface area contributed by atoms with Gasteiger partial charge in [-0.3, -0.25) is 9.79 Å². The van der Waals surface area contributed by atoms with Crippen LogP contribution in [0.25, 0.3) is 0 Å². The van der Waals surface area contributed by atoms with E-state index in [1.165, 1.54) is 17.8 Å². The van der Waals surface area contributed by atoms with Gasteiger partial charge in [-0.15, -0.1) is 35.3 Å². The minimum absolute atomic E-state index is 0. The lowest BCUT2D eigenvalue weighted by Gasteiger charge is -2.23. The van der Waals surface area contributed by atoms with Gasteiger partial charge in [0.05, 0.1) is 4.88 Å². The first-order valence-corrected chi connectivity index (χ1v) is 8.67. The molecule has 2 rings (SSSR count). The van der Waals surface area contributed by atoms with E-state index in [1.807, 2.05) is 24.6 Å². The van der Waals surface area contributed by atoms with E-state index in [-0.39, 0.29) is 29.9 Å². The Kier molecular flexibility index (Phi) is 8.32. The number of carbonyl (C=O) groups excluding carboxylic acids is 1. The summed E-state index contributed by atoms with van der Waals surface area (Å²) in [5.41, 5.74) is 0.367. The molecule has 0 saturated carbocycles. The van der Waals surface area contributed by atoms with Gasteiger partial charge in [0.15, 0.2) is 5.96 Å². The molecule has 2 heterocycles. The van der Waals surface area contributed by atoms with Crippen LogP contribution in [0, 0.1) is 5.41 Å². The normalized spacial score (nSPS) is 16.8. The van der Waals surface area contributed by atoms with Gasteiger partial charge < -0.3 is 15.5 Å². The van der Waals surface area contributed by atoms with Crippen molar-refractivity contribution in [3.8, 4) is 0 Å². The summed E-state index contributed by atoms with van der Waals surface area (Å²) in [5.74, 6) is 0.982. The fraction of sp³-hybridized carbons (Fsp3) is 0.625. The Balaban J connectivity index is 0.00000264. The summed E-state index contributed by atoms with van der Waals surface area (Å²) in [7, 11) is 1.83. The molecule has 0 unspecified atom stereocenters. The molecule has 1 aliphatic rings. The lowest BCUT2D eigenvalue weighted by atomic mass is 9.93. The topological polar surface area (TPSA) is 56.7 Å². The van der Waals surface area contributed by atoms with Crippen molar-refractivity contribution in [3.63, 3.8) is 0 Å². The number of rotatable bonds is 5. The number of hydrogen-bond acceptors (Lipinski definition) is 3. The van der Waals surface area contributed by atoms with E-state index in [0.717, 1.165) is 36.9 Å². The van der Waals surface area contributed by atoms with Gasteiger partial charge in [0.2, 0.25) is 0 Å². The third-order valence-corrected chi connectivity index (χ3v) is 4.72. The minimum Gasteiger partial charge on any atom is -0.356 e. The van der Waals surface area contributed by atoms with Crippen molar-refractivity contribution in [3.05, 3.63) is 22.4 Å². The molecule has 130 valence electrons. The molecule has 1 aromatic rings. The van der Waals surface area contributed by atoms with Crippen LogP contribution in [0.4, 0.5) is 0 Å². The molecule has 0 spiro atoms. The highest BCUT2D eigenvalue weighted by Gasteiger charge is 2.30. The average molecular weight is 450 g/mol. The van der Waals surface area contributed by atoms with Crippen molar-refractivity contribution in [2.45, 2.75) is 26.7 Å². The lowest BCUT2D eigenvalue weighted by molar-refractivity contribution is 0.0957. The Morgan fingerprint density at radius 3 is 2.70 bits per heavy atom. The van der Waals surface area contributed by atoms with Gasteiger partial charge in [0, 0.05) is 33.2 Å². The van der Waals surface area contributed by atoms with Crippen molar-refractivity contribution in [2.24, 2.45) is 10.4 Å². The molecule has 1 aliphatic heterocycles. The Bertz CT molecular complexity index is 516. The first-order valence-electron chi connectivity index (χ1n) is 7.79. The van der Waals surface area contributed by atoms with Gasteiger partial charge in [-0.25, -0.2) is 0 Å². The maximum absolute atomic E-state index is 11.8. The van der Waals surface area contributed by atoms with E-state index in [2.05, 4.69) is 34.4 Å². The third kappa shape index (κ3) is 6.29. The zero-order valence-electron chi connectivity index (χ0n) is 14.1. The van der Waals surface area contributed by atoms with E-state index in [1.54, 1.807) is 0 Å². The Labute approximate surface area is 160 Å². The van der Waals surface area contributed by atoms with Gasteiger partial charge in [0.1, 0.15) is 0 Å². The largest absolute Gasteiger partial charge is 0.356 e. The Morgan fingerprint density at radius 1 is 1.39 bits per heavy atom. The van der Waals surface area contributed by atoms with Crippen LogP contribution in [0.15, 0.2) is 22.5 Å². The number of halogens is 1. The van der Waals surface area contributed by atoms with Gasteiger partial charge in [-0.1, -0.05) is 19.9 Å². The summed E-state index contributed by atoms with van der Waals surface area (Å²) in [4.78, 5) is 19.2. The number of hydrogen-bond donors (Lipinski definition) is 2. The van der Waals surface area contributed by atoms with E-state index in [9.17, 15) is 4.79 Å². The third-order valence-electron chi connectivity index (χ3n) is 3.86. The molecule has 0 aliphatic carbocycles. The van der Waals surface area contributed by atoms with Crippen molar-refractivity contribution in [1.82, 2.24) is 15.5 Å². The standard InChI is InChI=1S/C16H26N4OS.HI/c1-16(2)7-10-20(12-16)15(17-3)19-9-5-8-18-14(21)13-6-4-11-22-13;/h4,6,11H,5,7-10,12H2,1-3H3,(H,17,19)(H,18,21);1H. The highest BCUT2D eigenvalue weighted by Crippen LogP contribution is 2.28. The minimum atomic E-state index is 0. The molecule has 23 heavy (non-hydrogen) atoms. The summed E-state index contributed by atoms with van der Waals surface area (Å²) in [6, 6.07) is 3.73. The van der Waals surface area contributed by atoms with Crippen molar-refractivity contribution >= 4 is 47.2 Å². The Morgan fingerprint density at radius 2 is 2.13 bits per heavy atom. The van der Waals surface area contributed by atoms with Crippen LogP contribution in [0.5, 0.6) is 0 Å². The molecular formula is C16H27IN4OS. The van der Waals surface area contributed by atoms with Gasteiger partial charge >= 0.3 is 0 Å². The predicted molar refractivity (Wildman–Crippen MR) is 108 cm³/mol. The fourth-order valence-corrected chi connectivity index (χ4v) is 3.25. The molecule has 0 radical (unpaired) electrons. The van der Waals surface area contributed by atoms with Crippen LogP contribution in [0.3, 0.4) is 0 Å². The smallest absolute Gasteiger partial charge is 0.261 e. The molecule has 1 fully saturated rings. The van der Waals surface area contributed by atoms with Crippen LogP contribution >= 0.6 is 35.3 Å². The number of aliphatic imine (C=N–C) groups is 1. The summed E-state index contributed by atoms with van der Waals surface area (Å²) in [6.07, 6.45) is 2.08. The van der Waals surface area contributed by atoms with Crippen LogP contribution < -0.4 is 10.6 Å². The second-order valence-corrected chi connectivity index (χ2v) is 7.34. The number of guanidine groups is 1. The molecule has 1 amide bonds. The molecule has 1 aromatic heterocycles. The molecule has 1 saturated heterocycles. The summed E-state index contributed by atoms with van der Waals surface area (Å²) in [6.45, 7) is 8.17. The first-order chi connectivity index (χ1) is 10.5. The Hall–Kier alpha value is -0.830. The molecule has 7 heteroatoms. The highest BCUT2D eigenvalue weighted by atomic mass is 127. The van der Waals surface area contributed by atoms with E-state index >= 15 is 0 Å². The van der Waals surface area contributed by atoms with Crippen LogP contribution in [-0.4, -0.2) is 50.0 Å².